The topological polar surface area (TPSA) is 49.2 Å². The van der Waals surface area contributed by atoms with Crippen LogP contribution < -0.4 is 0 Å². The van der Waals surface area contributed by atoms with Crippen LogP contribution >= 0.6 is 0 Å². The van der Waals surface area contributed by atoms with Gasteiger partial charge in [0.2, 0.25) is 0 Å². The van der Waals surface area contributed by atoms with E-state index in [1.807, 2.05) is 18.4 Å². The fraction of sp³-hybridized carbons (Fsp3) is 0.778. The molecule has 0 saturated heterocycles. The monoisotopic (exact) mass is 199 g/mol. The number of rotatable bonds is 5. The third-order valence-electron chi connectivity index (χ3n) is 2.12. The molecule has 1 rings (SSSR count). The molecular weight excluding hydrogens is 182 g/mol. The molecule has 0 fully saturated rings. The van der Waals surface area contributed by atoms with Crippen molar-refractivity contribution in [1.82, 2.24) is 14.8 Å². The Morgan fingerprint density at radius 1 is 1.07 bits per heavy atom. The average molecular weight is 199 g/mol. The van der Waals surface area contributed by atoms with Crippen molar-refractivity contribution < 1.29 is 9.47 Å². The van der Waals surface area contributed by atoms with Crippen LogP contribution in [-0.2, 0) is 9.47 Å². The molecule has 1 aromatic heterocycles. The van der Waals surface area contributed by atoms with Gasteiger partial charge in [-0.3, -0.25) is 0 Å². The second-order valence-electron chi connectivity index (χ2n) is 3.23. The Bertz CT molecular complexity index is 260. The van der Waals surface area contributed by atoms with E-state index < -0.39 is 0 Å². The lowest BCUT2D eigenvalue weighted by molar-refractivity contribution is 0.0875. The number of hydrogen-bond acceptors (Lipinski definition) is 4. The van der Waals surface area contributed by atoms with Crippen LogP contribution in [0.4, 0.5) is 0 Å². The van der Waals surface area contributed by atoms with Crippen molar-refractivity contribution in [3.63, 3.8) is 0 Å². The molecule has 5 nitrogen and oxygen atoms in total. The molecule has 0 bridgehead atoms. The molecule has 0 amide bonds. The standard InChI is InChI=1S/C9H17N3O2/c1-7-10-11-8(2)12(7)9(5-13-3)6-14-4/h9H,5-6H2,1-4H3. The molecule has 1 heterocycles. The molecule has 80 valence electrons. The van der Waals surface area contributed by atoms with Crippen molar-refractivity contribution in [2.75, 3.05) is 27.4 Å². The molecule has 0 aliphatic rings. The predicted molar refractivity (Wildman–Crippen MR) is 52.3 cm³/mol. The van der Waals surface area contributed by atoms with Crippen LogP contribution in [0.25, 0.3) is 0 Å². The molecule has 0 unspecified atom stereocenters. The van der Waals surface area contributed by atoms with E-state index in [2.05, 4.69) is 10.2 Å². The van der Waals surface area contributed by atoms with Gasteiger partial charge in [0.05, 0.1) is 19.3 Å². The van der Waals surface area contributed by atoms with Crippen molar-refractivity contribution in [2.24, 2.45) is 0 Å². The maximum absolute atomic E-state index is 5.13. The molecular formula is C9H17N3O2. The Labute approximate surface area is 84.0 Å². The first kappa shape index (κ1) is 11.1. The first-order chi connectivity index (χ1) is 6.70. The van der Waals surface area contributed by atoms with Crippen LogP contribution in [0, 0.1) is 13.8 Å². The summed E-state index contributed by atoms with van der Waals surface area (Å²) in [7, 11) is 3.36. The van der Waals surface area contributed by atoms with Gasteiger partial charge in [0, 0.05) is 14.2 Å². The molecule has 1 aromatic rings. The summed E-state index contributed by atoms with van der Waals surface area (Å²) >= 11 is 0. The van der Waals surface area contributed by atoms with Gasteiger partial charge in [-0.05, 0) is 13.8 Å². The van der Waals surface area contributed by atoms with Gasteiger partial charge in [-0.25, -0.2) is 0 Å². The highest BCUT2D eigenvalue weighted by Crippen LogP contribution is 2.12. The zero-order chi connectivity index (χ0) is 10.6. The maximum Gasteiger partial charge on any atom is 0.130 e. The molecule has 0 radical (unpaired) electrons. The Kier molecular flexibility index (Phi) is 4.03. The quantitative estimate of drug-likeness (QED) is 0.701. The minimum absolute atomic E-state index is 0.153. The molecule has 0 atom stereocenters. The smallest absolute Gasteiger partial charge is 0.130 e. The van der Waals surface area contributed by atoms with E-state index >= 15 is 0 Å². The summed E-state index contributed by atoms with van der Waals surface area (Å²) in [4.78, 5) is 0. The highest BCUT2D eigenvalue weighted by atomic mass is 16.5. The van der Waals surface area contributed by atoms with Crippen LogP contribution in [0.3, 0.4) is 0 Å². The highest BCUT2D eigenvalue weighted by molar-refractivity contribution is 4.94. The average Bonchev–Trinajstić information content (AvgIpc) is 2.46. The van der Waals surface area contributed by atoms with Crippen molar-refractivity contribution in [2.45, 2.75) is 19.9 Å². The first-order valence-electron chi connectivity index (χ1n) is 4.56. The first-order valence-corrected chi connectivity index (χ1v) is 4.56. The van der Waals surface area contributed by atoms with E-state index in [1.54, 1.807) is 14.2 Å². The van der Waals surface area contributed by atoms with Crippen molar-refractivity contribution >= 4 is 0 Å². The van der Waals surface area contributed by atoms with Gasteiger partial charge in [0.25, 0.3) is 0 Å². The molecule has 14 heavy (non-hydrogen) atoms. The molecule has 5 heteroatoms. The molecule has 0 aliphatic heterocycles. The van der Waals surface area contributed by atoms with Gasteiger partial charge in [0.15, 0.2) is 0 Å². The summed E-state index contributed by atoms with van der Waals surface area (Å²) in [5.41, 5.74) is 0. The minimum Gasteiger partial charge on any atom is -0.382 e. The van der Waals surface area contributed by atoms with Gasteiger partial charge < -0.3 is 14.0 Å². The maximum atomic E-state index is 5.13. The number of nitrogens with zero attached hydrogens (tertiary/aromatic N) is 3. The van der Waals surface area contributed by atoms with Gasteiger partial charge in [-0.1, -0.05) is 0 Å². The summed E-state index contributed by atoms with van der Waals surface area (Å²) in [6.45, 7) is 5.07. The zero-order valence-corrected chi connectivity index (χ0v) is 9.15. The molecule has 0 aliphatic carbocycles. The van der Waals surface area contributed by atoms with E-state index in [-0.39, 0.29) is 6.04 Å². The largest absolute Gasteiger partial charge is 0.382 e. The molecule has 0 saturated carbocycles. The lowest BCUT2D eigenvalue weighted by atomic mass is 10.3. The fourth-order valence-electron chi connectivity index (χ4n) is 1.59. The third kappa shape index (κ3) is 2.30. The summed E-state index contributed by atoms with van der Waals surface area (Å²) < 4.78 is 12.3. The van der Waals surface area contributed by atoms with E-state index in [4.69, 9.17) is 9.47 Å². The third-order valence-corrected chi connectivity index (χ3v) is 2.12. The number of aryl methyl sites for hydroxylation is 2. The number of hydrogen-bond donors (Lipinski definition) is 0. The Morgan fingerprint density at radius 3 is 1.86 bits per heavy atom. The summed E-state index contributed by atoms with van der Waals surface area (Å²) in [6, 6.07) is 0.153. The van der Waals surface area contributed by atoms with E-state index in [0.29, 0.717) is 13.2 Å². The lowest BCUT2D eigenvalue weighted by Crippen LogP contribution is -2.21. The zero-order valence-electron chi connectivity index (χ0n) is 9.15. The Balaban J connectivity index is 2.85. The number of ether oxygens (including phenoxy) is 2. The molecule has 0 N–H and O–H groups in total. The van der Waals surface area contributed by atoms with Crippen LogP contribution in [0.5, 0.6) is 0 Å². The van der Waals surface area contributed by atoms with Gasteiger partial charge >= 0.3 is 0 Å². The SMILES string of the molecule is COCC(COC)n1c(C)nnc1C. The summed E-state index contributed by atoms with van der Waals surface area (Å²) in [5.74, 6) is 1.78. The second-order valence-corrected chi connectivity index (χ2v) is 3.23. The Hall–Kier alpha value is -0.940. The fourth-order valence-corrected chi connectivity index (χ4v) is 1.59. The second kappa shape index (κ2) is 5.07. The van der Waals surface area contributed by atoms with Crippen LogP contribution in [-0.4, -0.2) is 42.2 Å². The van der Waals surface area contributed by atoms with Crippen molar-refractivity contribution in [1.29, 1.82) is 0 Å². The van der Waals surface area contributed by atoms with Crippen LogP contribution in [0.2, 0.25) is 0 Å². The Morgan fingerprint density at radius 2 is 1.50 bits per heavy atom. The number of methoxy groups -OCH3 is 2. The summed E-state index contributed by atoms with van der Waals surface area (Å²) in [6.07, 6.45) is 0. The molecule has 0 aromatic carbocycles. The normalized spacial score (nSPS) is 11.2. The van der Waals surface area contributed by atoms with Crippen molar-refractivity contribution in [3.05, 3.63) is 11.6 Å². The van der Waals surface area contributed by atoms with Gasteiger partial charge in [0.1, 0.15) is 11.6 Å². The minimum atomic E-state index is 0.153. The lowest BCUT2D eigenvalue weighted by Gasteiger charge is -2.18. The van der Waals surface area contributed by atoms with Gasteiger partial charge in [-0.2, -0.15) is 0 Å². The predicted octanol–water partition coefficient (Wildman–Crippen LogP) is 0.729. The van der Waals surface area contributed by atoms with Gasteiger partial charge in [-0.15, -0.1) is 10.2 Å². The number of aromatic nitrogens is 3. The van der Waals surface area contributed by atoms with Crippen LogP contribution in [0.1, 0.15) is 17.7 Å². The molecule has 0 spiro atoms. The van der Waals surface area contributed by atoms with Crippen molar-refractivity contribution in [3.8, 4) is 0 Å². The van der Waals surface area contributed by atoms with Crippen LogP contribution in [0.15, 0.2) is 0 Å². The summed E-state index contributed by atoms with van der Waals surface area (Å²) in [5, 5.41) is 8.01. The highest BCUT2D eigenvalue weighted by Gasteiger charge is 2.15. The van der Waals surface area contributed by atoms with E-state index in [9.17, 15) is 0 Å². The van der Waals surface area contributed by atoms with E-state index in [0.717, 1.165) is 11.6 Å². The van der Waals surface area contributed by atoms with E-state index in [1.165, 1.54) is 0 Å².